The highest BCUT2D eigenvalue weighted by Gasteiger charge is 2.66. The topological polar surface area (TPSA) is 108 Å². The van der Waals surface area contributed by atoms with E-state index in [0.29, 0.717) is 0 Å². The van der Waals surface area contributed by atoms with E-state index in [1.165, 1.54) is 20.8 Å². The number of carbonyl (C=O) groups is 4. The highest BCUT2D eigenvalue weighted by molar-refractivity contribution is 5.95. The fourth-order valence-electron chi connectivity index (χ4n) is 4.15. The summed E-state index contributed by atoms with van der Waals surface area (Å²) in [4.78, 5) is 47.9. The minimum Gasteiger partial charge on any atom is -0.462 e. The predicted molar refractivity (Wildman–Crippen MR) is 102 cm³/mol. The Morgan fingerprint density at radius 3 is 2.07 bits per heavy atom. The average molecular weight is 410 g/mol. The third-order valence-corrected chi connectivity index (χ3v) is 5.55. The standard InChI is InChI=1S/C21H30O8/c1-10(2)18-16(26-12(4)22)8-11(3)15(25)9-17(27-13(5)23)21(7)20(29-21)19(18)28-14(6)24/h10,16-20H,3,8-9H2,1-2,4-7H3/t16-,17-,18+,19?,20+,21-/m0/s1. The lowest BCUT2D eigenvalue weighted by atomic mass is 9.76. The molecular formula is C21H30O8. The lowest BCUT2D eigenvalue weighted by molar-refractivity contribution is -0.164. The molecule has 6 atom stereocenters. The van der Waals surface area contributed by atoms with Gasteiger partial charge in [-0.05, 0) is 18.4 Å². The predicted octanol–water partition coefficient (Wildman–Crippen LogP) is 2.13. The van der Waals surface area contributed by atoms with Gasteiger partial charge in [-0.25, -0.2) is 0 Å². The summed E-state index contributed by atoms with van der Waals surface area (Å²) in [5.41, 5.74) is -0.754. The van der Waals surface area contributed by atoms with Crippen LogP contribution in [-0.4, -0.2) is 53.7 Å². The van der Waals surface area contributed by atoms with Crippen LogP contribution in [0.25, 0.3) is 0 Å². The molecule has 0 aromatic carbocycles. The molecule has 1 unspecified atom stereocenters. The van der Waals surface area contributed by atoms with Crippen LogP contribution in [0, 0.1) is 11.8 Å². The fraction of sp³-hybridized carbons (Fsp3) is 0.714. The Kier molecular flexibility index (Phi) is 6.88. The van der Waals surface area contributed by atoms with Crippen LogP contribution in [0.4, 0.5) is 0 Å². The Hall–Kier alpha value is -2.22. The van der Waals surface area contributed by atoms with E-state index < -0.39 is 53.8 Å². The Morgan fingerprint density at radius 1 is 1.03 bits per heavy atom. The molecule has 1 saturated carbocycles. The molecule has 162 valence electrons. The van der Waals surface area contributed by atoms with Crippen molar-refractivity contribution in [2.75, 3.05) is 0 Å². The molecule has 0 amide bonds. The van der Waals surface area contributed by atoms with E-state index in [-0.39, 0.29) is 30.1 Å². The molecule has 2 aliphatic rings. The summed E-state index contributed by atoms with van der Waals surface area (Å²) in [6.07, 6.45) is -2.94. The first-order chi connectivity index (χ1) is 13.4. The average Bonchev–Trinajstić information content (AvgIpc) is 3.24. The Labute approximate surface area is 170 Å². The highest BCUT2D eigenvalue weighted by Crippen LogP contribution is 2.49. The zero-order valence-electron chi connectivity index (χ0n) is 17.9. The van der Waals surface area contributed by atoms with E-state index in [0.717, 1.165) is 0 Å². The summed E-state index contributed by atoms with van der Waals surface area (Å²) in [5, 5.41) is 0. The van der Waals surface area contributed by atoms with Crippen molar-refractivity contribution in [3.05, 3.63) is 12.2 Å². The number of ether oxygens (including phenoxy) is 4. The van der Waals surface area contributed by atoms with Gasteiger partial charge in [-0.2, -0.15) is 0 Å². The molecule has 2 fully saturated rings. The quantitative estimate of drug-likeness (QED) is 0.300. The molecule has 0 spiro atoms. The van der Waals surface area contributed by atoms with Crippen molar-refractivity contribution in [3.63, 3.8) is 0 Å². The number of hydrogen-bond donors (Lipinski definition) is 0. The van der Waals surface area contributed by atoms with Crippen LogP contribution < -0.4 is 0 Å². The number of rotatable bonds is 4. The molecule has 1 saturated heterocycles. The van der Waals surface area contributed by atoms with Gasteiger partial charge in [0.15, 0.2) is 5.78 Å². The van der Waals surface area contributed by atoms with Gasteiger partial charge in [-0.1, -0.05) is 20.4 Å². The Morgan fingerprint density at radius 2 is 1.59 bits per heavy atom. The van der Waals surface area contributed by atoms with Crippen molar-refractivity contribution in [3.8, 4) is 0 Å². The van der Waals surface area contributed by atoms with Gasteiger partial charge in [0.1, 0.15) is 30.0 Å². The minimum absolute atomic E-state index is 0.0772. The smallest absolute Gasteiger partial charge is 0.303 e. The van der Waals surface area contributed by atoms with E-state index in [2.05, 4.69) is 6.58 Å². The normalized spacial score (nSPS) is 34.8. The maximum absolute atomic E-state index is 12.7. The van der Waals surface area contributed by atoms with Gasteiger partial charge in [0, 0.05) is 33.1 Å². The monoisotopic (exact) mass is 410 g/mol. The van der Waals surface area contributed by atoms with Crippen molar-refractivity contribution in [2.24, 2.45) is 11.8 Å². The summed E-state index contributed by atoms with van der Waals surface area (Å²) in [6, 6.07) is 0. The number of Topliss-reactive ketones (excluding diaryl/α,β-unsaturated/α-hetero) is 1. The van der Waals surface area contributed by atoms with Gasteiger partial charge in [0.05, 0.1) is 6.42 Å². The van der Waals surface area contributed by atoms with Gasteiger partial charge < -0.3 is 18.9 Å². The molecule has 1 aliphatic heterocycles. The van der Waals surface area contributed by atoms with Crippen LogP contribution >= 0.6 is 0 Å². The van der Waals surface area contributed by atoms with E-state index >= 15 is 0 Å². The van der Waals surface area contributed by atoms with Crippen molar-refractivity contribution in [2.45, 2.75) is 84.4 Å². The molecule has 0 aromatic heterocycles. The van der Waals surface area contributed by atoms with Gasteiger partial charge in [-0.15, -0.1) is 0 Å². The maximum atomic E-state index is 12.7. The molecule has 8 heteroatoms. The molecular weight excluding hydrogens is 380 g/mol. The van der Waals surface area contributed by atoms with E-state index in [9.17, 15) is 19.2 Å². The Balaban J connectivity index is 2.52. The molecule has 8 nitrogen and oxygen atoms in total. The van der Waals surface area contributed by atoms with Crippen molar-refractivity contribution in [1.29, 1.82) is 0 Å². The van der Waals surface area contributed by atoms with Gasteiger partial charge in [0.25, 0.3) is 0 Å². The fourth-order valence-corrected chi connectivity index (χ4v) is 4.15. The van der Waals surface area contributed by atoms with Gasteiger partial charge in [-0.3, -0.25) is 19.2 Å². The van der Waals surface area contributed by atoms with E-state index in [1.807, 2.05) is 13.8 Å². The third-order valence-electron chi connectivity index (χ3n) is 5.55. The third kappa shape index (κ3) is 5.23. The molecule has 0 radical (unpaired) electrons. The number of ketones is 1. The number of carbonyl (C=O) groups excluding carboxylic acids is 4. The number of hydrogen-bond acceptors (Lipinski definition) is 8. The van der Waals surface area contributed by atoms with Crippen LogP contribution in [0.2, 0.25) is 0 Å². The molecule has 29 heavy (non-hydrogen) atoms. The Bertz CT molecular complexity index is 711. The zero-order valence-corrected chi connectivity index (χ0v) is 17.9. The van der Waals surface area contributed by atoms with Crippen molar-refractivity contribution >= 4 is 23.7 Å². The lowest BCUT2D eigenvalue weighted by Crippen LogP contribution is -2.48. The largest absolute Gasteiger partial charge is 0.462 e. The zero-order chi connectivity index (χ0) is 22.1. The second-order valence-electron chi connectivity index (χ2n) is 8.30. The molecule has 2 rings (SSSR count). The maximum Gasteiger partial charge on any atom is 0.303 e. The van der Waals surface area contributed by atoms with Crippen LogP contribution in [0.15, 0.2) is 12.2 Å². The first-order valence-corrected chi connectivity index (χ1v) is 9.77. The number of epoxide rings is 1. The SMILES string of the molecule is C=C1C[C@H](OC(C)=O)[C@@H](C(C)C)C(OC(C)=O)[C@H]2O[C@@]2(C)[C@@H](OC(C)=O)CC1=O. The molecule has 1 heterocycles. The summed E-state index contributed by atoms with van der Waals surface area (Å²) < 4.78 is 22.5. The van der Waals surface area contributed by atoms with Gasteiger partial charge in [0.2, 0.25) is 0 Å². The first kappa shape index (κ1) is 23.1. The number of fused-ring (bicyclic) bond motifs is 1. The van der Waals surface area contributed by atoms with Crippen LogP contribution in [0.3, 0.4) is 0 Å². The second kappa shape index (κ2) is 8.65. The molecule has 0 bridgehead atoms. The minimum atomic E-state index is -1.01. The molecule has 0 aromatic rings. The summed E-state index contributed by atoms with van der Waals surface area (Å²) >= 11 is 0. The summed E-state index contributed by atoms with van der Waals surface area (Å²) in [5.74, 6) is -2.37. The first-order valence-electron chi connectivity index (χ1n) is 9.77. The molecule has 0 N–H and O–H groups in total. The summed E-state index contributed by atoms with van der Waals surface area (Å²) in [7, 11) is 0. The van der Waals surface area contributed by atoms with Gasteiger partial charge >= 0.3 is 17.9 Å². The van der Waals surface area contributed by atoms with E-state index in [4.69, 9.17) is 18.9 Å². The highest BCUT2D eigenvalue weighted by atomic mass is 16.7. The second-order valence-corrected chi connectivity index (χ2v) is 8.30. The lowest BCUT2D eigenvalue weighted by Gasteiger charge is -2.36. The van der Waals surface area contributed by atoms with Crippen LogP contribution in [0.5, 0.6) is 0 Å². The number of esters is 3. The van der Waals surface area contributed by atoms with Crippen LogP contribution in [0.1, 0.15) is 54.4 Å². The van der Waals surface area contributed by atoms with E-state index in [1.54, 1.807) is 6.92 Å². The van der Waals surface area contributed by atoms with Crippen molar-refractivity contribution < 1.29 is 38.1 Å². The van der Waals surface area contributed by atoms with Crippen LogP contribution in [-0.2, 0) is 38.1 Å². The van der Waals surface area contributed by atoms with Crippen molar-refractivity contribution in [1.82, 2.24) is 0 Å². The molecule has 1 aliphatic carbocycles. The summed E-state index contributed by atoms with van der Waals surface area (Å²) in [6.45, 7) is 13.2.